The minimum Gasteiger partial charge on any atom is -0.265 e. The van der Waals surface area contributed by atoms with Gasteiger partial charge >= 0.3 is 0 Å². The van der Waals surface area contributed by atoms with Crippen molar-refractivity contribution in [3.05, 3.63) is 83.0 Å². The second kappa shape index (κ2) is 7.61. The van der Waals surface area contributed by atoms with Gasteiger partial charge in [-0.1, -0.05) is 6.08 Å². The Hall–Kier alpha value is -2.86. The standard InChI is InChI=1S/C18H15FN4S/c1-2-9-21-18-23(22-12-14-7-10-20-11-8-14)17(13-24-18)15-3-5-16(19)6-4-15/h2-8,10-13H,1,9H2. The van der Waals surface area contributed by atoms with Crippen molar-refractivity contribution in [2.75, 3.05) is 6.54 Å². The number of pyridine rings is 1. The molecule has 0 radical (unpaired) electrons. The molecule has 4 nitrogen and oxygen atoms in total. The molecule has 0 atom stereocenters. The summed E-state index contributed by atoms with van der Waals surface area (Å²) in [4.78, 5) is 9.20. The molecule has 0 saturated carbocycles. The molecule has 2 aromatic heterocycles. The Bertz CT molecular complexity index is 908. The lowest BCUT2D eigenvalue weighted by molar-refractivity contribution is 0.628. The highest BCUT2D eigenvalue weighted by atomic mass is 32.1. The van der Waals surface area contributed by atoms with Gasteiger partial charge in [-0.05, 0) is 42.0 Å². The summed E-state index contributed by atoms with van der Waals surface area (Å²) in [6, 6.07) is 10.1. The van der Waals surface area contributed by atoms with Crippen molar-refractivity contribution in [1.29, 1.82) is 0 Å². The average Bonchev–Trinajstić information content (AvgIpc) is 3.02. The van der Waals surface area contributed by atoms with Gasteiger partial charge in [-0.2, -0.15) is 5.10 Å². The maximum absolute atomic E-state index is 13.2. The number of halogens is 1. The first-order chi connectivity index (χ1) is 11.8. The monoisotopic (exact) mass is 338 g/mol. The van der Waals surface area contributed by atoms with Crippen LogP contribution in [0.3, 0.4) is 0 Å². The van der Waals surface area contributed by atoms with Gasteiger partial charge in [0.15, 0.2) is 0 Å². The van der Waals surface area contributed by atoms with Crippen LogP contribution in [0.5, 0.6) is 0 Å². The van der Waals surface area contributed by atoms with Crippen LogP contribution in [-0.2, 0) is 0 Å². The fourth-order valence-electron chi connectivity index (χ4n) is 2.05. The van der Waals surface area contributed by atoms with Gasteiger partial charge in [0, 0.05) is 23.3 Å². The van der Waals surface area contributed by atoms with Crippen molar-refractivity contribution < 1.29 is 4.39 Å². The number of benzene rings is 1. The Morgan fingerprint density at radius 1 is 1.17 bits per heavy atom. The second-order valence-corrected chi connectivity index (χ2v) is 5.71. The van der Waals surface area contributed by atoms with E-state index < -0.39 is 0 Å². The lowest BCUT2D eigenvalue weighted by Gasteiger charge is -2.03. The Morgan fingerprint density at radius 2 is 1.92 bits per heavy atom. The Balaban J connectivity index is 2.06. The molecular formula is C18H15FN4S. The van der Waals surface area contributed by atoms with Gasteiger partial charge in [0.25, 0.3) is 0 Å². The van der Waals surface area contributed by atoms with E-state index in [1.54, 1.807) is 41.5 Å². The highest BCUT2D eigenvalue weighted by Gasteiger charge is 2.07. The summed E-state index contributed by atoms with van der Waals surface area (Å²) < 4.78 is 14.9. The zero-order chi connectivity index (χ0) is 16.8. The zero-order valence-electron chi connectivity index (χ0n) is 12.8. The molecule has 3 rings (SSSR count). The number of hydrogen-bond donors (Lipinski definition) is 0. The lowest BCUT2D eigenvalue weighted by Crippen LogP contribution is -2.12. The van der Waals surface area contributed by atoms with E-state index in [0.717, 1.165) is 21.6 Å². The van der Waals surface area contributed by atoms with Crippen molar-refractivity contribution in [2.45, 2.75) is 0 Å². The van der Waals surface area contributed by atoms with Crippen LogP contribution in [0, 0.1) is 5.82 Å². The molecule has 0 amide bonds. The van der Waals surface area contributed by atoms with E-state index in [-0.39, 0.29) is 5.82 Å². The van der Waals surface area contributed by atoms with Crippen molar-refractivity contribution in [2.24, 2.45) is 10.1 Å². The summed E-state index contributed by atoms with van der Waals surface area (Å²) in [5, 5.41) is 6.50. The van der Waals surface area contributed by atoms with E-state index in [9.17, 15) is 4.39 Å². The summed E-state index contributed by atoms with van der Waals surface area (Å²) in [6.45, 7) is 4.20. The fraction of sp³-hybridized carbons (Fsp3) is 0.0556. The first-order valence-electron chi connectivity index (χ1n) is 7.30. The van der Waals surface area contributed by atoms with Crippen LogP contribution >= 0.6 is 11.3 Å². The lowest BCUT2D eigenvalue weighted by atomic mass is 10.2. The molecule has 6 heteroatoms. The predicted molar refractivity (Wildman–Crippen MR) is 95.6 cm³/mol. The maximum Gasteiger partial charge on any atom is 0.206 e. The zero-order valence-corrected chi connectivity index (χ0v) is 13.7. The Morgan fingerprint density at radius 3 is 2.62 bits per heavy atom. The SMILES string of the molecule is C=CCN=c1scc(-c2ccc(F)cc2)n1N=Cc1ccncc1. The molecular weight excluding hydrogens is 323 g/mol. The van der Waals surface area contributed by atoms with Crippen molar-refractivity contribution >= 4 is 17.6 Å². The molecule has 1 aromatic carbocycles. The topological polar surface area (TPSA) is 42.5 Å². The predicted octanol–water partition coefficient (Wildman–Crippen LogP) is 3.72. The molecule has 0 aliphatic carbocycles. The summed E-state index contributed by atoms with van der Waals surface area (Å²) in [5.74, 6) is -0.266. The average molecular weight is 338 g/mol. The molecule has 0 unspecified atom stereocenters. The van der Waals surface area contributed by atoms with E-state index in [1.165, 1.54) is 23.5 Å². The van der Waals surface area contributed by atoms with Gasteiger partial charge in [0.05, 0.1) is 18.5 Å². The van der Waals surface area contributed by atoms with Crippen molar-refractivity contribution in [3.63, 3.8) is 0 Å². The maximum atomic E-state index is 13.2. The van der Waals surface area contributed by atoms with E-state index in [1.807, 2.05) is 17.5 Å². The summed E-state index contributed by atoms with van der Waals surface area (Å²) in [7, 11) is 0. The number of thiazole rings is 1. The highest BCUT2D eigenvalue weighted by molar-refractivity contribution is 7.07. The Labute approximate surface area is 143 Å². The third kappa shape index (κ3) is 3.72. The van der Waals surface area contributed by atoms with Crippen LogP contribution in [0.4, 0.5) is 4.39 Å². The van der Waals surface area contributed by atoms with E-state index >= 15 is 0 Å². The summed E-state index contributed by atoms with van der Waals surface area (Å²) in [5.41, 5.74) is 2.66. The van der Waals surface area contributed by atoms with Crippen LogP contribution in [-0.4, -0.2) is 22.4 Å². The second-order valence-electron chi connectivity index (χ2n) is 4.88. The smallest absolute Gasteiger partial charge is 0.206 e. The Kier molecular flexibility index (Phi) is 5.08. The molecule has 120 valence electrons. The van der Waals surface area contributed by atoms with Crippen molar-refractivity contribution in [1.82, 2.24) is 9.66 Å². The van der Waals surface area contributed by atoms with Gasteiger partial charge < -0.3 is 0 Å². The van der Waals surface area contributed by atoms with Crippen LogP contribution in [0.15, 0.2) is 76.9 Å². The highest BCUT2D eigenvalue weighted by Crippen LogP contribution is 2.20. The molecule has 24 heavy (non-hydrogen) atoms. The number of nitrogens with zero attached hydrogens (tertiary/aromatic N) is 4. The number of hydrogen-bond acceptors (Lipinski definition) is 4. The normalized spacial score (nSPS) is 12.0. The van der Waals surface area contributed by atoms with E-state index in [2.05, 4.69) is 21.7 Å². The first-order valence-corrected chi connectivity index (χ1v) is 8.18. The minimum absolute atomic E-state index is 0.266. The molecule has 2 heterocycles. The summed E-state index contributed by atoms with van der Waals surface area (Å²) >= 11 is 1.48. The van der Waals surface area contributed by atoms with Crippen LogP contribution < -0.4 is 4.80 Å². The van der Waals surface area contributed by atoms with E-state index in [0.29, 0.717) is 6.54 Å². The van der Waals surface area contributed by atoms with Gasteiger partial charge in [-0.15, -0.1) is 17.9 Å². The molecule has 0 aliphatic heterocycles. The molecule has 0 fully saturated rings. The number of aromatic nitrogens is 2. The first kappa shape index (κ1) is 16.0. The minimum atomic E-state index is -0.266. The third-order valence-corrected chi connectivity index (χ3v) is 4.06. The molecule has 0 bridgehead atoms. The van der Waals surface area contributed by atoms with E-state index in [4.69, 9.17) is 0 Å². The van der Waals surface area contributed by atoms with Gasteiger partial charge in [0.1, 0.15) is 5.82 Å². The third-order valence-electron chi connectivity index (χ3n) is 3.21. The van der Waals surface area contributed by atoms with Gasteiger partial charge in [0.2, 0.25) is 4.80 Å². The molecule has 0 saturated heterocycles. The van der Waals surface area contributed by atoms with Crippen LogP contribution in [0.2, 0.25) is 0 Å². The van der Waals surface area contributed by atoms with Crippen LogP contribution in [0.1, 0.15) is 5.56 Å². The largest absolute Gasteiger partial charge is 0.265 e. The van der Waals surface area contributed by atoms with Gasteiger partial charge in [-0.25, -0.2) is 9.07 Å². The summed E-state index contributed by atoms with van der Waals surface area (Å²) in [6.07, 6.45) is 6.90. The number of rotatable bonds is 5. The van der Waals surface area contributed by atoms with Crippen molar-refractivity contribution in [3.8, 4) is 11.3 Å². The van der Waals surface area contributed by atoms with Crippen LogP contribution in [0.25, 0.3) is 11.3 Å². The molecule has 0 N–H and O–H groups in total. The molecule has 0 spiro atoms. The molecule has 3 aromatic rings. The quantitative estimate of drug-likeness (QED) is 0.516. The fourth-order valence-corrected chi connectivity index (χ4v) is 2.90. The molecule has 0 aliphatic rings. The van der Waals surface area contributed by atoms with Gasteiger partial charge in [-0.3, -0.25) is 9.98 Å².